The summed E-state index contributed by atoms with van der Waals surface area (Å²) in [4.78, 5) is 30.8. The molecule has 2 aromatic heterocycles. The van der Waals surface area contributed by atoms with Crippen LogP contribution in [0.15, 0.2) is 42.7 Å². The van der Waals surface area contributed by atoms with Crippen LogP contribution in [0.1, 0.15) is 21.6 Å². The van der Waals surface area contributed by atoms with E-state index in [1.807, 2.05) is 13.0 Å². The van der Waals surface area contributed by atoms with E-state index in [9.17, 15) is 9.59 Å². The van der Waals surface area contributed by atoms with Crippen LogP contribution >= 0.6 is 0 Å². The Hall–Kier alpha value is -3.02. The van der Waals surface area contributed by atoms with E-state index in [0.29, 0.717) is 11.4 Å². The Labute approximate surface area is 121 Å². The van der Waals surface area contributed by atoms with Gasteiger partial charge in [0.05, 0.1) is 0 Å². The summed E-state index contributed by atoms with van der Waals surface area (Å²) >= 11 is 0. The number of carboxylic acid groups (broad SMARTS) is 1. The minimum atomic E-state index is -1.09. The molecule has 2 aromatic rings. The van der Waals surface area contributed by atoms with Crippen molar-refractivity contribution in [2.45, 2.75) is 6.92 Å². The first-order chi connectivity index (χ1) is 10.1. The average molecular weight is 283 g/mol. The maximum absolute atomic E-state index is 12.2. The van der Waals surface area contributed by atoms with Gasteiger partial charge in [0.1, 0.15) is 11.5 Å². The molecule has 0 aliphatic heterocycles. The van der Waals surface area contributed by atoms with Crippen LogP contribution in [0.3, 0.4) is 0 Å². The van der Waals surface area contributed by atoms with Gasteiger partial charge in [-0.3, -0.25) is 9.78 Å². The molecule has 0 aliphatic rings. The van der Waals surface area contributed by atoms with Gasteiger partial charge in [-0.05, 0) is 30.7 Å². The van der Waals surface area contributed by atoms with Gasteiger partial charge in [-0.2, -0.15) is 0 Å². The van der Waals surface area contributed by atoms with Gasteiger partial charge in [0, 0.05) is 24.0 Å². The highest BCUT2D eigenvalue weighted by Gasteiger charge is 2.12. The fourth-order valence-corrected chi connectivity index (χ4v) is 1.62. The zero-order chi connectivity index (χ0) is 15.2. The number of carbonyl (C=O) groups excluding carboxylic acids is 1. The van der Waals surface area contributed by atoms with E-state index in [-0.39, 0.29) is 5.69 Å². The number of nitrogens with zero attached hydrogens (tertiary/aromatic N) is 2. The standard InChI is InChI=1S/C15H13N3O3/c1-10-4-6-12(17-9-10)18-15(21)14-11(3-2-8-16-14)5-7-13(19)20/h2-9H,1H3,(H,19,20)(H,17,18,21)/b7-5+. The maximum Gasteiger partial charge on any atom is 0.328 e. The Morgan fingerprint density at radius 3 is 2.71 bits per heavy atom. The van der Waals surface area contributed by atoms with Crippen molar-refractivity contribution < 1.29 is 14.7 Å². The summed E-state index contributed by atoms with van der Waals surface area (Å²) in [6.07, 6.45) is 5.39. The highest BCUT2D eigenvalue weighted by atomic mass is 16.4. The molecule has 0 spiro atoms. The van der Waals surface area contributed by atoms with Crippen LogP contribution in [0.4, 0.5) is 5.82 Å². The number of rotatable bonds is 4. The average Bonchev–Trinajstić information content (AvgIpc) is 2.47. The van der Waals surface area contributed by atoms with Crippen LogP contribution in [-0.2, 0) is 4.79 Å². The zero-order valence-corrected chi connectivity index (χ0v) is 11.3. The molecule has 6 heteroatoms. The number of pyridine rings is 2. The van der Waals surface area contributed by atoms with E-state index in [2.05, 4.69) is 15.3 Å². The van der Waals surface area contributed by atoms with Crippen LogP contribution < -0.4 is 5.32 Å². The first-order valence-corrected chi connectivity index (χ1v) is 6.16. The summed E-state index contributed by atoms with van der Waals surface area (Å²) in [5.74, 6) is -1.13. The van der Waals surface area contributed by atoms with E-state index in [4.69, 9.17) is 5.11 Å². The van der Waals surface area contributed by atoms with Crippen molar-refractivity contribution >= 4 is 23.8 Å². The molecule has 0 aliphatic carbocycles. The van der Waals surface area contributed by atoms with Crippen LogP contribution in [0.5, 0.6) is 0 Å². The maximum atomic E-state index is 12.2. The number of anilines is 1. The van der Waals surface area contributed by atoms with Crippen molar-refractivity contribution in [3.8, 4) is 0 Å². The number of hydrogen-bond acceptors (Lipinski definition) is 4. The molecule has 0 aromatic carbocycles. The molecule has 2 heterocycles. The number of amides is 1. The van der Waals surface area contributed by atoms with Crippen LogP contribution in [0.2, 0.25) is 0 Å². The van der Waals surface area contributed by atoms with Gasteiger partial charge >= 0.3 is 5.97 Å². The van der Waals surface area contributed by atoms with Crippen molar-refractivity contribution in [1.82, 2.24) is 9.97 Å². The number of aliphatic carboxylic acids is 1. The molecule has 0 fully saturated rings. The number of aromatic nitrogens is 2. The molecule has 1 amide bonds. The molecule has 106 valence electrons. The quantitative estimate of drug-likeness (QED) is 0.839. The lowest BCUT2D eigenvalue weighted by Gasteiger charge is -2.06. The normalized spacial score (nSPS) is 10.5. The summed E-state index contributed by atoms with van der Waals surface area (Å²) in [7, 11) is 0. The number of carboxylic acids is 1. The number of aryl methyl sites for hydroxylation is 1. The van der Waals surface area contributed by atoms with E-state index >= 15 is 0 Å². The number of nitrogens with one attached hydrogen (secondary N) is 1. The molecule has 6 nitrogen and oxygen atoms in total. The van der Waals surface area contributed by atoms with E-state index < -0.39 is 11.9 Å². The lowest BCUT2D eigenvalue weighted by atomic mass is 10.1. The summed E-state index contributed by atoms with van der Waals surface area (Å²) in [6.45, 7) is 1.89. The highest BCUT2D eigenvalue weighted by molar-refractivity contribution is 6.05. The van der Waals surface area contributed by atoms with Gasteiger partial charge in [0.2, 0.25) is 0 Å². The van der Waals surface area contributed by atoms with E-state index in [0.717, 1.165) is 11.6 Å². The molecule has 0 radical (unpaired) electrons. The van der Waals surface area contributed by atoms with Crippen molar-refractivity contribution in [3.05, 3.63) is 59.6 Å². The first kappa shape index (κ1) is 14.4. The Kier molecular flexibility index (Phi) is 4.40. The molecular formula is C15H13N3O3. The van der Waals surface area contributed by atoms with E-state index in [1.165, 1.54) is 12.3 Å². The summed E-state index contributed by atoms with van der Waals surface area (Å²) < 4.78 is 0. The summed E-state index contributed by atoms with van der Waals surface area (Å²) in [5.41, 5.74) is 1.54. The first-order valence-electron chi connectivity index (χ1n) is 6.16. The lowest BCUT2D eigenvalue weighted by Crippen LogP contribution is -2.16. The minimum absolute atomic E-state index is 0.136. The SMILES string of the molecule is Cc1ccc(NC(=O)c2ncccc2/C=C/C(=O)O)nc1. The Morgan fingerprint density at radius 2 is 2.05 bits per heavy atom. The molecular weight excluding hydrogens is 270 g/mol. The smallest absolute Gasteiger partial charge is 0.328 e. The molecule has 2 N–H and O–H groups in total. The molecule has 0 unspecified atom stereocenters. The highest BCUT2D eigenvalue weighted by Crippen LogP contribution is 2.11. The Morgan fingerprint density at radius 1 is 1.24 bits per heavy atom. The van der Waals surface area contributed by atoms with E-state index in [1.54, 1.807) is 24.4 Å². The fourth-order valence-electron chi connectivity index (χ4n) is 1.62. The molecule has 0 bridgehead atoms. The largest absolute Gasteiger partial charge is 0.478 e. The predicted octanol–water partition coefficient (Wildman–Crippen LogP) is 2.14. The summed E-state index contributed by atoms with van der Waals surface area (Å²) in [6, 6.07) is 6.75. The molecule has 2 rings (SSSR count). The Balaban J connectivity index is 2.23. The monoisotopic (exact) mass is 283 g/mol. The number of carbonyl (C=O) groups is 2. The van der Waals surface area contributed by atoms with Crippen molar-refractivity contribution in [1.29, 1.82) is 0 Å². The lowest BCUT2D eigenvalue weighted by molar-refractivity contribution is -0.131. The van der Waals surface area contributed by atoms with Crippen molar-refractivity contribution in [2.24, 2.45) is 0 Å². The third-order valence-corrected chi connectivity index (χ3v) is 2.61. The predicted molar refractivity (Wildman–Crippen MR) is 77.8 cm³/mol. The van der Waals surface area contributed by atoms with Gasteiger partial charge in [0.15, 0.2) is 0 Å². The van der Waals surface area contributed by atoms with Crippen molar-refractivity contribution in [2.75, 3.05) is 5.32 Å². The molecule has 21 heavy (non-hydrogen) atoms. The van der Waals surface area contributed by atoms with Gasteiger partial charge in [-0.25, -0.2) is 9.78 Å². The minimum Gasteiger partial charge on any atom is -0.478 e. The molecule has 0 atom stereocenters. The summed E-state index contributed by atoms with van der Waals surface area (Å²) in [5, 5.41) is 11.3. The topological polar surface area (TPSA) is 92.2 Å². The van der Waals surface area contributed by atoms with Gasteiger partial charge in [-0.15, -0.1) is 0 Å². The van der Waals surface area contributed by atoms with Gasteiger partial charge < -0.3 is 10.4 Å². The van der Waals surface area contributed by atoms with Crippen LogP contribution in [-0.4, -0.2) is 27.0 Å². The van der Waals surface area contributed by atoms with Gasteiger partial charge in [-0.1, -0.05) is 12.1 Å². The van der Waals surface area contributed by atoms with Crippen LogP contribution in [0, 0.1) is 6.92 Å². The number of hydrogen-bond donors (Lipinski definition) is 2. The molecule has 0 saturated heterocycles. The second-order valence-corrected chi connectivity index (χ2v) is 4.29. The molecule has 0 saturated carbocycles. The zero-order valence-electron chi connectivity index (χ0n) is 11.3. The second-order valence-electron chi connectivity index (χ2n) is 4.29. The van der Waals surface area contributed by atoms with Crippen LogP contribution in [0.25, 0.3) is 6.08 Å². The fraction of sp³-hybridized carbons (Fsp3) is 0.0667. The second kappa shape index (κ2) is 6.42. The third kappa shape index (κ3) is 3.97. The van der Waals surface area contributed by atoms with Crippen molar-refractivity contribution in [3.63, 3.8) is 0 Å². The Bertz CT molecular complexity index is 694. The van der Waals surface area contributed by atoms with Gasteiger partial charge in [0.25, 0.3) is 5.91 Å². The third-order valence-electron chi connectivity index (χ3n) is 2.61.